The van der Waals surface area contributed by atoms with Crippen molar-refractivity contribution in [2.24, 2.45) is 0 Å². The van der Waals surface area contributed by atoms with Gasteiger partial charge in [0.1, 0.15) is 11.5 Å². The van der Waals surface area contributed by atoms with Gasteiger partial charge >= 0.3 is 11.9 Å². The van der Waals surface area contributed by atoms with Crippen LogP contribution in [0.3, 0.4) is 0 Å². The summed E-state index contributed by atoms with van der Waals surface area (Å²) in [7, 11) is 0. The van der Waals surface area contributed by atoms with Crippen LogP contribution in [0.15, 0.2) is 36.4 Å². The van der Waals surface area contributed by atoms with Gasteiger partial charge in [0.2, 0.25) is 0 Å². The third-order valence-corrected chi connectivity index (χ3v) is 3.78. The zero-order chi connectivity index (χ0) is 17.7. The molecule has 6 nitrogen and oxygen atoms in total. The minimum absolute atomic E-state index is 0.0103. The van der Waals surface area contributed by atoms with Crippen molar-refractivity contribution in [2.75, 3.05) is 0 Å². The lowest BCUT2D eigenvalue weighted by molar-refractivity contribution is 0.0684. The van der Waals surface area contributed by atoms with Crippen LogP contribution < -0.4 is 0 Å². The van der Waals surface area contributed by atoms with Gasteiger partial charge in [0, 0.05) is 0 Å². The molecule has 0 spiro atoms. The van der Waals surface area contributed by atoms with Crippen molar-refractivity contribution in [3.63, 3.8) is 0 Å². The van der Waals surface area contributed by atoms with Crippen molar-refractivity contribution in [3.05, 3.63) is 58.7 Å². The van der Waals surface area contributed by atoms with Crippen molar-refractivity contribution in [1.82, 2.24) is 0 Å². The summed E-state index contributed by atoms with van der Waals surface area (Å²) in [6, 6.07) is 8.26. The average molecular weight is 330 g/mol. The second-order valence-corrected chi connectivity index (χ2v) is 5.50. The molecule has 0 radical (unpaired) electrons. The Bertz CT molecular complexity index is 701. The predicted molar refractivity (Wildman–Crippen MR) is 86.8 cm³/mol. The average Bonchev–Trinajstić information content (AvgIpc) is 2.51. The fourth-order valence-electron chi connectivity index (χ4n) is 2.62. The molecule has 0 aromatic heterocycles. The van der Waals surface area contributed by atoms with Crippen LogP contribution in [0, 0.1) is 0 Å². The number of carbonyl (C=O) groups is 2. The first-order chi connectivity index (χ1) is 11.4. The van der Waals surface area contributed by atoms with Gasteiger partial charge in [-0.25, -0.2) is 9.59 Å². The summed E-state index contributed by atoms with van der Waals surface area (Å²) in [6.45, 7) is 0. The number of hydrogen-bond acceptors (Lipinski definition) is 4. The van der Waals surface area contributed by atoms with E-state index in [0.717, 1.165) is 0 Å². The van der Waals surface area contributed by atoms with Gasteiger partial charge < -0.3 is 20.4 Å². The van der Waals surface area contributed by atoms with Crippen LogP contribution >= 0.6 is 0 Å². The van der Waals surface area contributed by atoms with Crippen LogP contribution in [-0.2, 0) is 12.8 Å². The Balaban J connectivity index is 2.02. The Morgan fingerprint density at radius 1 is 0.708 bits per heavy atom. The topological polar surface area (TPSA) is 115 Å². The highest BCUT2D eigenvalue weighted by molar-refractivity contribution is 5.90. The Morgan fingerprint density at radius 3 is 1.42 bits per heavy atom. The fraction of sp³-hybridized carbons (Fsp3) is 0.222. The molecule has 2 rings (SSSR count). The van der Waals surface area contributed by atoms with E-state index >= 15 is 0 Å². The summed E-state index contributed by atoms with van der Waals surface area (Å²) >= 11 is 0. The van der Waals surface area contributed by atoms with Gasteiger partial charge in [-0.1, -0.05) is 0 Å². The number of rotatable bonds is 7. The van der Waals surface area contributed by atoms with Crippen LogP contribution in [-0.4, -0.2) is 32.4 Å². The van der Waals surface area contributed by atoms with E-state index in [9.17, 15) is 19.8 Å². The van der Waals surface area contributed by atoms with E-state index in [1.54, 1.807) is 0 Å². The number of aryl methyl sites for hydroxylation is 2. The van der Waals surface area contributed by atoms with Crippen LogP contribution in [0.4, 0.5) is 0 Å². The van der Waals surface area contributed by atoms with Gasteiger partial charge in [0.25, 0.3) is 0 Å². The monoisotopic (exact) mass is 330 g/mol. The molecule has 0 unspecified atom stereocenters. The van der Waals surface area contributed by atoms with Gasteiger partial charge in [-0.3, -0.25) is 0 Å². The van der Waals surface area contributed by atoms with E-state index in [-0.39, 0.29) is 22.6 Å². The second-order valence-electron chi connectivity index (χ2n) is 5.50. The summed E-state index contributed by atoms with van der Waals surface area (Å²) in [5.41, 5.74) is 1.38. The second kappa shape index (κ2) is 7.50. The van der Waals surface area contributed by atoms with E-state index in [1.807, 2.05) is 0 Å². The maximum absolute atomic E-state index is 11.2. The number of unbranched alkanes of at least 4 members (excludes halogenated alkanes) is 1. The smallest absolute Gasteiger partial charge is 0.335 e. The number of hydrogen-bond donors (Lipinski definition) is 4. The van der Waals surface area contributed by atoms with Gasteiger partial charge in [0.05, 0.1) is 11.1 Å². The first-order valence-corrected chi connectivity index (χ1v) is 7.49. The van der Waals surface area contributed by atoms with E-state index in [0.29, 0.717) is 36.8 Å². The lowest BCUT2D eigenvalue weighted by Gasteiger charge is -2.09. The molecule has 0 saturated carbocycles. The Morgan fingerprint density at radius 2 is 1.08 bits per heavy atom. The summed E-state index contributed by atoms with van der Waals surface area (Å²) in [5, 5.41) is 37.3. The third-order valence-electron chi connectivity index (χ3n) is 3.78. The number of phenolic OH excluding ortho intramolecular Hbond substituents is 2. The normalized spacial score (nSPS) is 10.5. The van der Waals surface area contributed by atoms with Crippen molar-refractivity contribution >= 4 is 11.9 Å². The molecule has 0 fully saturated rings. The molecule has 0 bridgehead atoms. The molecule has 0 aliphatic rings. The molecule has 6 heteroatoms. The Kier molecular flexibility index (Phi) is 5.42. The van der Waals surface area contributed by atoms with Gasteiger partial charge in [0.15, 0.2) is 0 Å². The van der Waals surface area contributed by atoms with E-state index in [1.165, 1.54) is 36.4 Å². The first-order valence-electron chi connectivity index (χ1n) is 7.49. The molecular weight excluding hydrogens is 312 g/mol. The molecular formula is C18H18O6. The molecule has 0 saturated heterocycles. The minimum atomic E-state index is -1.05. The highest BCUT2D eigenvalue weighted by Gasteiger charge is 2.12. The number of carboxylic acids is 2. The summed E-state index contributed by atoms with van der Waals surface area (Å²) < 4.78 is 0. The van der Waals surface area contributed by atoms with E-state index < -0.39 is 11.9 Å². The number of phenols is 2. The third kappa shape index (κ3) is 4.25. The summed E-state index contributed by atoms with van der Waals surface area (Å²) in [5.74, 6) is -2.08. The molecule has 0 atom stereocenters. The molecule has 0 heterocycles. The van der Waals surface area contributed by atoms with Gasteiger partial charge in [-0.15, -0.1) is 0 Å². The zero-order valence-corrected chi connectivity index (χ0v) is 12.9. The fourth-order valence-corrected chi connectivity index (χ4v) is 2.62. The highest BCUT2D eigenvalue weighted by atomic mass is 16.4. The minimum Gasteiger partial charge on any atom is -0.508 e. The number of benzene rings is 2. The van der Waals surface area contributed by atoms with Gasteiger partial charge in [-0.2, -0.15) is 0 Å². The Labute approximate surface area is 138 Å². The predicted octanol–water partition coefficient (Wildman–Crippen LogP) is 3.06. The molecule has 0 amide bonds. The van der Waals surface area contributed by atoms with Crippen LogP contribution in [0.2, 0.25) is 0 Å². The molecule has 2 aromatic carbocycles. The molecule has 0 aliphatic carbocycles. The molecule has 126 valence electrons. The molecule has 24 heavy (non-hydrogen) atoms. The van der Waals surface area contributed by atoms with Crippen LogP contribution in [0.5, 0.6) is 11.5 Å². The van der Waals surface area contributed by atoms with Gasteiger partial charge in [-0.05, 0) is 73.2 Å². The molecule has 0 aliphatic heterocycles. The van der Waals surface area contributed by atoms with E-state index in [2.05, 4.69) is 0 Å². The zero-order valence-electron chi connectivity index (χ0n) is 12.9. The van der Waals surface area contributed by atoms with Crippen molar-refractivity contribution in [2.45, 2.75) is 25.7 Å². The first kappa shape index (κ1) is 17.3. The van der Waals surface area contributed by atoms with Crippen molar-refractivity contribution in [1.29, 1.82) is 0 Å². The standard InChI is InChI=1S/C18H18O6/c19-13-5-7-15(17(21)22)11(9-13)3-1-2-4-12-10-14(20)6-8-16(12)18(23)24/h5-10,19-20H,1-4H2,(H,21,22)(H,23,24). The maximum atomic E-state index is 11.2. The maximum Gasteiger partial charge on any atom is 0.335 e. The number of aromatic hydroxyl groups is 2. The number of aromatic carboxylic acids is 2. The van der Waals surface area contributed by atoms with E-state index in [4.69, 9.17) is 10.2 Å². The lowest BCUT2D eigenvalue weighted by Crippen LogP contribution is -2.04. The largest absolute Gasteiger partial charge is 0.508 e. The van der Waals surface area contributed by atoms with Crippen LogP contribution in [0.25, 0.3) is 0 Å². The van der Waals surface area contributed by atoms with Crippen molar-refractivity contribution < 1.29 is 30.0 Å². The Hall–Kier alpha value is -3.02. The molecule has 2 aromatic rings. The molecule has 4 N–H and O–H groups in total. The summed E-state index contributed by atoms with van der Waals surface area (Å²) in [4.78, 5) is 22.3. The quantitative estimate of drug-likeness (QED) is 0.580. The summed E-state index contributed by atoms with van der Waals surface area (Å²) in [6.07, 6.45) is 2.16. The lowest BCUT2D eigenvalue weighted by atomic mass is 9.97. The highest BCUT2D eigenvalue weighted by Crippen LogP contribution is 2.22. The number of carboxylic acid groups (broad SMARTS) is 2. The van der Waals surface area contributed by atoms with Crippen LogP contribution in [0.1, 0.15) is 44.7 Å². The van der Waals surface area contributed by atoms with Crippen molar-refractivity contribution in [3.8, 4) is 11.5 Å². The SMILES string of the molecule is O=C(O)c1ccc(O)cc1CCCCc1cc(O)ccc1C(=O)O.